The highest BCUT2D eigenvalue weighted by atomic mass is 19.1. The first-order chi connectivity index (χ1) is 8.66. The van der Waals surface area contributed by atoms with Gasteiger partial charge in [0.25, 0.3) is 0 Å². The van der Waals surface area contributed by atoms with Gasteiger partial charge < -0.3 is 10.3 Å². The maximum Gasteiger partial charge on any atom is 0.151 e. The van der Waals surface area contributed by atoms with E-state index in [0.717, 1.165) is 37.0 Å². The number of hydrogen-bond acceptors (Lipinski definition) is 2. The average molecular weight is 247 g/mol. The van der Waals surface area contributed by atoms with Crippen molar-refractivity contribution in [3.8, 4) is 0 Å². The van der Waals surface area contributed by atoms with E-state index in [2.05, 4.69) is 4.98 Å². The van der Waals surface area contributed by atoms with Crippen LogP contribution in [0.25, 0.3) is 11.0 Å². The van der Waals surface area contributed by atoms with Crippen LogP contribution in [-0.4, -0.2) is 15.6 Å². The molecule has 96 valence electrons. The number of nitrogens with two attached hydrogens (primary N) is 1. The molecule has 2 unspecified atom stereocenters. The molecule has 1 aliphatic carbocycles. The molecule has 1 saturated carbocycles. The molecule has 2 N–H and O–H groups in total. The zero-order chi connectivity index (χ0) is 12.7. The molecule has 1 aromatic heterocycles. The number of para-hydroxylation sites is 1. The van der Waals surface area contributed by atoms with Gasteiger partial charge >= 0.3 is 0 Å². The van der Waals surface area contributed by atoms with Crippen molar-refractivity contribution in [2.24, 2.45) is 12.8 Å². The molecular weight excluding hydrogens is 229 g/mol. The summed E-state index contributed by atoms with van der Waals surface area (Å²) in [6.07, 6.45) is 4.29. The van der Waals surface area contributed by atoms with E-state index in [1.165, 1.54) is 6.07 Å². The second-order valence-electron chi connectivity index (χ2n) is 5.26. The summed E-state index contributed by atoms with van der Waals surface area (Å²) in [4.78, 5) is 4.50. The molecule has 1 fully saturated rings. The Morgan fingerprint density at radius 3 is 2.94 bits per heavy atom. The first-order valence-corrected chi connectivity index (χ1v) is 6.53. The van der Waals surface area contributed by atoms with Crippen molar-refractivity contribution in [3.05, 3.63) is 29.8 Å². The van der Waals surface area contributed by atoms with Crippen LogP contribution in [0, 0.1) is 5.82 Å². The Labute approximate surface area is 106 Å². The van der Waals surface area contributed by atoms with Crippen LogP contribution in [-0.2, 0) is 7.05 Å². The maximum atomic E-state index is 13.7. The van der Waals surface area contributed by atoms with Crippen LogP contribution in [0.15, 0.2) is 18.2 Å². The Morgan fingerprint density at radius 1 is 1.39 bits per heavy atom. The highest BCUT2D eigenvalue weighted by molar-refractivity contribution is 5.76. The van der Waals surface area contributed by atoms with Gasteiger partial charge in [-0.3, -0.25) is 0 Å². The Bertz CT molecular complexity index is 576. The SMILES string of the molecule is Cn1c(C2CCCC(N)C2)nc2c(F)cccc21. The number of fused-ring (bicyclic) bond motifs is 1. The predicted molar refractivity (Wildman–Crippen MR) is 69.9 cm³/mol. The lowest BCUT2D eigenvalue weighted by Crippen LogP contribution is -2.27. The van der Waals surface area contributed by atoms with Crippen molar-refractivity contribution < 1.29 is 4.39 Å². The largest absolute Gasteiger partial charge is 0.331 e. The van der Waals surface area contributed by atoms with Crippen LogP contribution in [0.3, 0.4) is 0 Å². The highest BCUT2D eigenvalue weighted by Gasteiger charge is 2.25. The van der Waals surface area contributed by atoms with Crippen molar-refractivity contribution in [1.82, 2.24) is 9.55 Å². The number of aryl methyl sites for hydroxylation is 1. The Kier molecular flexibility index (Phi) is 2.82. The number of imidazole rings is 1. The second-order valence-corrected chi connectivity index (χ2v) is 5.26. The lowest BCUT2D eigenvalue weighted by atomic mass is 9.85. The summed E-state index contributed by atoms with van der Waals surface area (Å²) >= 11 is 0. The lowest BCUT2D eigenvalue weighted by Gasteiger charge is -2.26. The quantitative estimate of drug-likeness (QED) is 0.842. The Morgan fingerprint density at radius 2 is 2.22 bits per heavy atom. The van der Waals surface area contributed by atoms with Gasteiger partial charge in [-0.05, 0) is 31.4 Å². The molecule has 0 bridgehead atoms. The van der Waals surface area contributed by atoms with Gasteiger partial charge in [0.2, 0.25) is 0 Å². The fraction of sp³-hybridized carbons (Fsp3) is 0.500. The van der Waals surface area contributed by atoms with Gasteiger partial charge in [0.1, 0.15) is 11.3 Å². The van der Waals surface area contributed by atoms with E-state index in [4.69, 9.17) is 5.73 Å². The maximum absolute atomic E-state index is 13.7. The molecule has 0 saturated heterocycles. The van der Waals surface area contributed by atoms with Crippen molar-refractivity contribution in [2.45, 2.75) is 37.6 Å². The number of halogens is 1. The molecule has 0 aliphatic heterocycles. The predicted octanol–water partition coefficient (Wildman–Crippen LogP) is 2.70. The first-order valence-electron chi connectivity index (χ1n) is 6.53. The van der Waals surface area contributed by atoms with Crippen LogP contribution < -0.4 is 5.73 Å². The third-order valence-corrected chi connectivity index (χ3v) is 3.98. The molecular formula is C14H18FN3. The molecule has 4 heteroatoms. The summed E-state index contributed by atoms with van der Waals surface area (Å²) in [6.45, 7) is 0. The van der Waals surface area contributed by atoms with E-state index >= 15 is 0 Å². The molecule has 0 amide bonds. The third-order valence-electron chi connectivity index (χ3n) is 3.98. The van der Waals surface area contributed by atoms with Crippen LogP contribution in [0.5, 0.6) is 0 Å². The van der Waals surface area contributed by atoms with E-state index < -0.39 is 0 Å². The lowest BCUT2D eigenvalue weighted by molar-refractivity contribution is 0.378. The molecule has 3 nitrogen and oxygen atoms in total. The van der Waals surface area contributed by atoms with Crippen molar-refractivity contribution in [1.29, 1.82) is 0 Å². The van der Waals surface area contributed by atoms with Gasteiger partial charge in [-0.25, -0.2) is 9.37 Å². The minimum atomic E-state index is -0.241. The molecule has 1 aromatic carbocycles. The summed E-state index contributed by atoms with van der Waals surface area (Å²) in [7, 11) is 1.96. The number of nitrogens with zero attached hydrogens (tertiary/aromatic N) is 2. The zero-order valence-electron chi connectivity index (χ0n) is 10.6. The zero-order valence-corrected chi connectivity index (χ0v) is 10.6. The highest BCUT2D eigenvalue weighted by Crippen LogP contribution is 2.33. The Balaban J connectivity index is 2.06. The molecule has 1 aliphatic rings. The van der Waals surface area contributed by atoms with Gasteiger partial charge in [-0.2, -0.15) is 0 Å². The van der Waals surface area contributed by atoms with Crippen molar-refractivity contribution in [3.63, 3.8) is 0 Å². The van der Waals surface area contributed by atoms with Crippen molar-refractivity contribution in [2.75, 3.05) is 0 Å². The molecule has 3 rings (SSSR count). The van der Waals surface area contributed by atoms with E-state index in [1.807, 2.05) is 17.7 Å². The summed E-state index contributed by atoms with van der Waals surface area (Å²) in [5.74, 6) is 1.10. The van der Waals surface area contributed by atoms with Crippen LogP contribution in [0.4, 0.5) is 4.39 Å². The number of benzene rings is 1. The smallest absolute Gasteiger partial charge is 0.151 e. The van der Waals surface area contributed by atoms with Gasteiger partial charge in [-0.1, -0.05) is 12.5 Å². The molecule has 18 heavy (non-hydrogen) atoms. The topological polar surface area (TPSA) is 43.8 Å². The first kappa shape index (κ1) is 11.7. The molecule has 0 spiro atoms. The summed E-state index contributed by atoms with van der Waals surface area (Å²) in [6, 6.07) is 5.37. The summed E-state index contributed by atoms with van der Waals surface area (Å²) < 4.78 is 15.7. The van der Waals surface area contributed by atoms with Crippen LogP contribution in [0.2, 0.25) is 0 Å². The summed E-state index contributed by atoms with van der Waals surface area (Å²) in [5.41, 5.74) is 7.37. The Hall–Kier alpha value is -1.42. The van der Waals surface area contributed by atoms with Crippen LogP contribution in [0.1, 0.15) is 37.4 Å². The van der Waals surface area contributed by atoms with Gasteiger partial charge in [0.05, 0.1) is 5.52 Å². The fourth-order valence-electron chi connectivity index (χ4n) is 3.03. The standard InChI is InChI=1S/C14H18FN3/c1-18-12-7-3-6-11(15)13(12)17-14(18)9-4-2-5-10(16)8-9/h3,6-7,9-10H,2,4-5,8,16H2,1H3. The monoisotopic (exact) mass is 247 g/mol. The number of rotatable bonds is 1. The molecule has 1 heterocycles. The summed E-state index contributed by atoms with van der Waals surface area (Å²) in [5, 5.41) is 0. The van der Waals surface area contributed by atoms with E-state index in [9.17, 15) is 4.39 Å². The third kappa shape index (κ3) is 1.81. The normalized spacial score (nSPS) is 24.6. The van der Waals surface area contributed by atoms with Crippen molar-refractivity contribution >= 4 is 11.0 Å². The van der Waals surface area contributed by atoms with Gasteiger partial charge in [0, 0.05) is 19.0 Å². The van der Waals surface area contributed by atoms with Gasteiger partial charge in [0.15, 0.2) is 5.82 Å². The minimum absolute atomic E-state index is 0.241. The molecule has 2 aromatic rings. The average Bonchev–Trinajstić information content (AvgIpc) is 2.69. The number of aromatic nitrogens is 2. The van der Waals surface area contributed by atoms with Crippen LogP contribution >= 0.6 is 0 Å². The van der Waals surface area contributed by atoms with E-state index in [1.54, 1.807) is 6.07 Å². The second kappa shape index (κ2) is 4.35. The minimum Gasteiger partial charge on any atom is -0.331 e. The molecule has 0 radical (unpaired) electrons. The molecule has 2 atom stereocenters. The van der Waals surface area contributed by atoms with Gasteiger partial charge in [-0.15, -0.1) is 0 Å². The fourth-order valence-corrected chi connectivity index (χ4v) is 3.03. The number of hydrogen-bond donors (Lipinski definition) is 1. The van der Waals surface area contributed by atoms with E-state index in [0.29, 0.717) is 11.4 Å². The van der Waals surface area contributed by atoms with E-state index in [-0.39, 0.29) is 11.9 Å².